The zero-order chi connectivity index (χ0) is 19.4. The molecule has 27 heavy (non-hydrogen) atoms. The first-order chi connectivity index (χ1) is 12.8. The highest BCUT2D eigenvalue weighted by molar-refractivity contribution is 7.88. The number of amides is 3. The summed E-state index contributed by atoms with van der Waals surface area (Å²) in [6.45, 7) is 1.19. The van der Waals surface area contributed by atoms with Gasteiger partial charge in [-0.15, -0.1) is 0 Å². The van der Waals surface area contributed by atoms with Crippen molar-refractivity contribution in [3.05, 3.63) is 29.8 Å². The number of rotatable bonds is 6. The first kappa shape index (κ1) is 19.6. The summed E-state index contributed by atoms with van der Waals surface area (Å²) in [5, 5.41) is 8.59. The number of carbonyl (C=O) groups is 2. The van der Waals surface area contributed by atoms with Crippen molar-refractivity contribution in [3.8, 4) is 0 Å². The summed E-state index contributed by atoms with van der Waals surface area (Å²) in [6, 6.07) is 7.10. The zero-order valence-electron chi connectivity index (χ0n) is 15.4. The van der Waals surface area contributed by atoms with Crippen LogP contribution in [-0.4, -0.2) is 50.0 Å². The highest BCUT2D eigenvalue weighted by atomic mass is 32.2. The predicted octanol–water partition coefficient (Wildman–Crippen LogP) is 1.26. The van der Waals surface area contributed by atoms with Crippen LogP contribution in [0.5, 0.6) is 0 Å². The van der Waals surface area contributed by atoms with Crippen LogP contribution in [0.15, 0.2) is 24.3 Å². The van der Waals surface area contributed by atoms with Gasteiger partial charge < -0.3 is 16.0 Å². The van der Waals surface area contributed by atoms with Crippen molar-refractivity contribution in [1.29, 1.82) is 0 Å². The van der Waals surface area contributed by atoms with Gasteiger partial charge in [-0.3, -0.25) is 4.79 Å². The van der Waals surface area contributed by atoms with E-state index < -0.39 is 10.0 Å². The van der Waals surface area contributed by atoms with E-state index in [2.05, 4.69) is 16.0 Å². The number of nitrogens with one attached hydrogen (secondary N) is 3. The summed E-state index contributed by atoms with van der Waals surface area (Å²) in [5.74, 6) is 0.199. The Morgan fingerprint density at radius 2 is 1.85 bits per heavy atom. The standard InChI is InChI=1S/C18H26N4O4S/c1-27(25,26)22-9-7-15(8-10-22)21-18(24)19-12-13-3-2-4-16(11-13)20-17(23)14-5-6-14/h2-4,11,14-15H,5-10,12H2,1H3,(H,20,23)(H2,19,21,24). The summed E-state index contributed by atoms with van der Waals surface area (Å²) in [5.41, 5.74) is 1.63. The number of anilines is 1. The lowest BCUT2D eigenvalue weighted by Gasteiger charge is -2.30. The fourth-order valence-electron chi connectivity index (χ4n) is 3.10. The van der Waals surface area contributed by atoms with E-state index >= 15 is 0 Å². The molecule has 1 aliphatic heterocycles. The molecule has 0 unspecified atom stereocenters. The Morgan fingerprint density at radius 3 is 2.48 bits per heavy atom. The van der Waals surface area contributed by atoms with Crippen molar-refractivity contribution < 1.29 is 18.0 Å². The molecular formula is C18H26N4O4S. The Balaban J connectivity index is 1.42. The van der Waals surface area contributed by atoms with Crippen LogP contribution >= 0.6 is 0 Å². The van der Waals surface area contributed by atoms with Crippen LogP contribution in [-0.2, 0) is 21.4 Å². The van der Waals surface area contributed by atoms with E-state index in [0.29, 0.717) is 32.5 Å². The van der Waals surface area contributed by atoms with Gasteiger partial charge in [0.15, 0.2) is 0 Å². The fraction of sp³-hybridized carbons (Fsp3) is 0.556. The van der Waals surface area contributed by atoms with E-state index in [1.165, 1.54) is 10.6 Å². The molecule has 0 aromatic heterocycles. The van der Waals surface area contributed by atoms with E-state index in [1.807, 2.05) is 24.3 Å². The highest BCUT2D eigenvalue weighted by Crippen LogP contribution is 2.30. The Hall–Kier alpha value is -2.13. The summed E-state index contributed by atoms with van der Waals surface area (Å²) in [7, 11) is -3.16. The summed E-state index contributed by atoms with van der Waals surface area (Å²) in [4.78, 5) is 23.9. The summed E-state index contributed by atoms with van der Waals surface area (Å²) in [6.07, 6.45) is 4.31. The predicted molar refractivity (Wildman–Crippen MR) is 103 cm³/mol. The van der Waals surface area contributed by atoms with Gasteiger partial charge in [-0.25, -0.2) is 17.5 Å². The van der Waals surface area contributed by atoms with Gasteiger partial charge in [0.2, 0.25) is 15.9 Å². The van der Waals surface area contributed by atoms with Gasteiger partial charge >= 0.3 is 6.03 Å². The lowest BCUT2D eigenvalue weighted by atomic mass is 10.1. The number of hydrogen-bond donors (Lipinski definition) is 3. The molecule has 3 N–H and O–H groups in total. The minimum absolute atomic E-state index is 0.0350. The van der Waals surface area contributed by atoms with Crippen LogP contribution < -0.4 is 16.0 Å². The van der Waals surface area contributed by atoms with Gasteiger partial charge in [-0.2, -0.15) is 0 Å². The Kier molecular flexibility index (Phi) is 6.01. The Morgan fingerprint density at radius 1 is 1.15 bits per heavy atom. The van der Waals surface area contributed by atoms with Crippen molar-refractivity contribution in [2.24, 2.45) is 5.92 Å². The molecule has 3 amide bonds. The van der Waals surface area contributed by atoms with Gasteiger partial charge in [-0.1, -0.05) is 12.1 Å². The number of sulfonamides is 1. The SMILES string of the molecule is CS(=O)(=O)N1CCC(NC(=O)NCc2cccc(NC(=O)C3CC3)c2)CC1. The van der Waals surface area contributed by atoms with Crippen molar-refractivity contribution in [3.63, 3.8) is 0 Å². The van der Waals surface area contributed by atoms with Gasteiger partial charge in [-0.05, 0) is 43.4 Å². The largest absolute Gasteiger partial charge is 0.335 e. The van der Waals surface area contributed by atoms with Crippen LogP contribution in [0.3, 0.4) is 0 Å². The topological polar surface area (TPSA) is 108 Å². The van der Waals surface area contributed by atoms with E-state index in [-0.39, 0.29) is 23.9 Å². The molecule has 3 rings (SSSR count). The third kappa shape index (κ3) is 5.93. The van der Waals surface area contributed by atoms with Crippen molar-refractivity contribution in [2.45, 2.75) is 38.3 Å². The second-order valence-electron chi connectivity index (χ2n) is 7.23. The van der Waals surface area contributed by atoms with Gasteiger partial charge in [0.1, 0.15) is 0 Å². The maximum atomic E-state index is 12.1. The first-order valence-electron chi connectivity index (χ1n) is 9.20. The molecule has 148 valence electrons. The lowest BCUT2D eigenvalue weighted by molar-refractivity contribution is -0.117. The number of piperidine rings is 1. The number of benzene rings is 1. The monoisotopic (exact) mass is 394 g/mol. The fourth-order valence-corrected chi connectivity index (χ4v) is 3.97. The second-order valence-corrected chi connectivity index (χ2v) is 9.21. The van der Waals surface area contributed by atoms with E-state index in [0.717, 1.165) is 24.1 Å². The minimum atomic E-state index is -3.16. The Bertz CT molecular complexity index is 799. The molecule has 1 saturated carbocycles. The first-order valence-corrected chi connectivity index (χ1v) is 11.1. The van der Waals surface area contributed by atoms with Crippen LogP contribution in [0.25, 0.3) is 0 Å². The van der Waals surface area contributed by atoms with Gasteiger partial charge in [0.25, 0.3) is 0 Å². The molecule has 1 aromatic rings. The van der Waals surface area contributed by atoms with E-state index in [9.17, 15) is 18.0 Å². The molecule has 2 aliphatic rings. The van der Waals surface area contributed by atoms with Crippen molar-refractivity contribution >= 4 is 27.6 Å². The Labute approximate surface area is 159 Å². The van der Waals surface area contributed by atoms with Crippen LogP contribution in [0.2, 0.25) is 0 Å². The zero-order valence-corrected chi connectivity index (χ0v) is 16.2. The quantitative estimate of drug-likeness (QED) is 0.675. The molecule has 8 nitrogen and oxygen atoms in total. The maximum absolute atomic E-state index is 12.1. The molecule has 1 aromatic carbocycles. The molecular weight excluding hydrogens is 368 g/mol. The van der Waals surface area contributed by atoms with Crippen LogP contribution in [0.4, 0.5) is 10.5 Å². The number of urea groups is 1. The van der Waals surface area contributed by atoms with Crippen LogP contribution in [0, 0.1) is 5.92 Å². The van der Waals surface area contributed by atoms with Crippen molar-refractivity contribution in [1.82, 2.24) is 14.9 Å². The normalized spacial score (nSPS) is 18.7. The maximum Gasteiger partial charge on any atom is 0.315 e. The number of hydrogen-bond acceptors (Lipinski definition) is 4. The molecule has 9 heteroatoms. The second kappa shape index (κ2) is 8.26. The molecule has 1 aliphatic carbocycles. The molecule has 2 fully saturated rings. The average Bonchev–Trinajstić information content (AvgIpc) is 3.45. The lowest BCUT2D eigenvalue weighted by Crippen LogP contribution is -2.48. The van der Waals surface area contributed by atoms with E-state index in [4.69, 9.17) is 0 Å². The molecule has 1 heterocycles. The molecule has 0 spiro atoms. The average molecular weight is 394 g/mol. The molecule has 0 bridgehead atoms. The van der Waals surface area contributed by atoms with Gasteiger partial charge in [0, 0.05) is 37.3 Å². The summed E-state index contributed by atoms with van der Waals surface area (Å²) < 4.78 is 24.5. The van der Waals surface area contributed by atoms with Crippen LogP contribution in [0.1, 0.15) is 31.2 Å². The minimum Gasteiger partial charge on any atom is -0.335 e. The summed E-state index contributed by atoms with van der Waals surface area (Å²) >= 11 is 0. The van der Waals surface area contributed by atoms with Gasteiger partial charge in [0.05, 0.1) is 6.26 Å². The van der Waals surface area contributed by atoms with E-state index in [1.54, 1.807) is 0 Å². The number of carbonyl (C=O) groups excluding carboxylic acids is 2. The molecule has 0 radical (unpaired) electrons. The molecule has 1 saturated heterocycles. The van der Waals surface area contributed by atoms with Crippen molar-refractivity contribution in [2.75, 3.05) is 24.7 Å². The third-order valence-corrected chi connectivity index (χ3v) is 6.16. The number of nitrogens with zero attached hydrogens (tertiary/aromatic N) is 1. The highest BCUT2D eigenvalue weighted by Gasteiger charge is 2.29. The smallest absolute Gasteiger partial charge is 0.315 e. The molecule has 0 atom stereocenters. The third-order valence-electron chi connectivity index (χ3n) is 4.85.